The van der Waals surface area contributed by atoms with Crippen LogP contribution in [0.4, 0.5) is 15.8 Å². The third kappa shape index (κ3) is 4.27. The normalized spacial score (nSPS) is 11.4. The van der Waals surface area contributed by atoms with Gasteiger partial charge in [0.05, 0.1) is 4.92 Å². The number of esters is 1. The van der Waals surface area contributed by atoms with Gasteiger partial charge in [0.2, 0.25) is 11.7 Å². The fourth-order valence-corrected chi connectivity index (χ4v) is 2.78. The Labute approximate surface area is 174 Å². The largest absolute Gasteiger partial charge is 0.449 e. The number of nitrogens with one attached hydrogen (secondary N) is 1. The monoisotopic (exact) mass is 426 g/mol. The molecule has 0 aliphatic rings. The van der Waals surface area contributed by atoms with Crippen molar-refractivity contribution in [3.8, 4) is 12.0 Å². The summed E-state index contributed by atoms with van der Waals surface area (Å²) in [6.45, 7) is 2.76. The summed E-state index contributed by atoms with van der Waals surface area (Å²) >= 11 is 0. The number of carbonyl (C=O) groups is 2. The van der Waals surface area contributed by atoms with Gasteiger partial charge in [-0.2, -0.15) is 9.65 Å². The van der Waals surface area contributed by atoms with Gasteiger partial charge in [0.25, 0.3) is 5.91 Å². The van der Waals surface area contributed by atoms with Crippen LogP contribution >= 0.6 is 0 Å². The lowest BCUT2D eigenvalue weighted by Gasteiger charge is -2.13. The number of aromatic nitrogens is 1. The Morgan fingerprint density at radius 1 is 1.35 bits per heavy atom. The van der Waals surface area contributed by atoms with Crippen molar-refractivity contribution in [1.82, 2.24) is 4.57 Å². The van der Waals surface area contributed by atoms with Crippen LogP contribution in [0.3, 0.4) is 0 Å². The topological polar surface area (TPSA) is 140 Å². The van der Waals surface area contributed by atoms with Gasteiger partial charge in [-0.1, -0.05) is 0 Å². The molecule has 11 heteroatoms. The van der Waals surface area contributed by atoms with Gasteiger partial charge < -0.3 is 14.5 Å². The molecule has 3 aromatic rings. The molecule has 2 heterocycles. The van der Waals surface area contributed by atoms with E-state index in [1.54, 1.807) is 24.5 Å². The summed E-state index contributed by atoms with van der Waals surface area (Å²) in [5.41, 5.74) is -1.04. The average molecular weight is 426 g/mol. The average Bonchev–Trinajstić information content (AvgIpc) is 3.36. The van der Waals surface area contributed by atoms with Crippen LogP contribution in [0.5, 0.6) is 0 Å². The van der Waals surface area contributed by atoms with Crippen molar-refractivity contribution in [2.75, 3.05) is 5.32 Å². The van der Waals surface area contributed by atoms with Crippen molar-refractivity contribution in [3.05, 3.63) is 75.5 Å². The summed E-state index contributed by atoms with van der Waals surface area (Å²) < 4.78 is 25.6. The van der Waals surface area contributed by atoms with Crippen molar-refractivity contribution in [2.24, 2.45) is 0 Å². The van der Waals surface area contributed by atoms with Gasteiger partial charge in [-0.05, 0) is 38.1 Å². The van der Waals surface area contributed by atoms with E-state index in [0.29, 0.717) is 0 Å². The molecule has 0 aliphatic carbocycles. The molecule has 2 aromatic heterocycles. The molecular formula is C20H15FN4O6. The fourth-order valence-electron chi connectivity index (χ4n) is 2.78. The van der Waals surface area contributed by atoms with Gasteiger partial charge in [-0.3, -0.25) is 19.5 Å². The number of hydrogen-bond donors (Lipinski definition) is 1. The van der Waals surface area contributed by atoms with Crippen LogP contribution < -0.4 is 5.32 Å². The minimum absolute atomic E-state index is 0.0481. The van der Waals surface area contributed by atoms with E-state index in [2.05, 4.69) is 5.32 Å². The van der Waals surface area contributed by atoms with Gasteiger partial charge in [-0.25, -0.2) is 4.79 Å². The maximum Gasteiger partial charge on any atom is 0.343 e. The Morgan fingerprint density at radius 2 is 2.03 bits per heavy atom. The smallest absolute Gasteiger partial charge is 0.343 e. The quantitative estimate of drug-likeness (QED) is 0.361. The molecular weight excluding hydrogens is 411 g/mol. The summed E-state index contributed by atoms with van der Waals surface area (Å²) in [5.74, 6) is -2.55. The van der Waals surface area contributed by atoms with Crippen LogP contribution in [0.15, 0.2) is 47.1 Å². The Hall–Kier alpha value is -4.46. The second kappa shape index (κ2) is 8.50. The molecule has 0 aliphatic heterocycles. The Bertz CT molecular complexity index is 1210. The number of aryl methyl sites for hydroxylation is 1. The third-order valence-corrected chi connectivity index (χ3v) is 4.28. The van der Waals surface area contributed by atoms with Crippen molar-refractivity contribution in [1.29, 1.82) is 5.26 Å². The summed E-state index contributed by atoms with van der Waals surface area (Å²) in [7, 11) is 0. The molecule has 1 unspecified atom stereocenters. The number of furan rings is 1. The highest BCUT2D eigenvalue weighted by atomic mass is 19.1. The van der Waals surface area contributed by atoms with Crippen LogP contribution in [-0.2, 0) is 9.53 Å². The third-order valence-electron chi connectivity index (χ3n) is 4.28. The van der Waals surface area contributed by atoms with E-state index in [4.69, 9.17) is 9.15 Å². The molecule has 0 bridgehead atoms. The van der Waals surface area contributed by atoms with E-state index in [0.717, 1.165) is 18.2 Å². The maximum atomic E-state index is 13.4. The lowest BCUT2D eigenvalue weighted by Crippen LogP contribution is -2.30. The van der Waals surface area contributed by atoms with Crippen molar-refractivity contribution in [2.45, 2.75) is 20.0 Å². The molecule has 1 atom stereocenters. The zero-order chi connectivity index (χ0) is 22.7. The highest BCUT2D eigenvalue weighted by molar-refractivity contribution is 5.99. The first-order valence-electron chi connectivity index (χ1n) is 8.85. The molecule has 1 aromatic carbocycles. The van der Waals surface area contributed by atoms with Gasteiger partial charge >= 0.3 is 11.7 Å². The van der Waals surface area contributed by atoms with Crippen LogP contribution in [-0.4, -0.2) is 27.5 Å². The van der Waals surface area contributed by atoms with Crippen molar-refractivity contribution >= 4 is 23.3 Å². The van der Waals surface area contributed by atoms with Gasteiger partial charge in [-0.15, -0.1) is 0 Å². The van der Waals surface area contributed by atoms with E-state index in [9.17, 15) is 29.4 Å². The van der Waals surface area contributed by atoms with E-state index in [1.165, 1.54) is 18.4 Å². The number of nitriles is 1. The number of rotatable bonds is 6. The van der Waals surface area contributed by atoms with E-state index in [1.807, 2.05) is 6.07 Å². The fraction of sp³-hybridized carbons (Fsp3) is 0.150. The van der Waals surface area contributed by atoms with Crippen LogP contribution in [0.2, 0.25) is 0 Å². The second-order valence-corrected chi connectivity index (χ2v) is 6.38. The molecule has 1 amide bonds. The molecule has 0 saturated carbocycles. The van der Waals surface area contributed by atoms with Gasteiger partial charge in [0.15, 0.2) is 6.10 Å². The van der Waals surface area contributed by atoms with E-state index in [-0.39, 0.29) is 28.5 Å². The van der Waals surface area contributed by atoms with E-state index < -0.39 is 34.4 Å². The first kappa shape index (κ1) is 21.3. The molecule has 0 saturated heterocycles. The van der Waals surface area contributed by atoms with Crippen LogP contribution in [0.25, 0.3) is 5.88 Å². The molecule has 0 spiro atoms. The highest BCUT2D eigenvalue weighted by Crippen LogP contribution is 2.27. The summed E-state index contributed by atoms with van der Waals surface area (Å²) in [6, 6.07) is 8.14. The number of nitro groups is 1. The van der Waals surface area contributed by atoms with Crippen LogP contribution in [0, 0.1) is 34.2 Å². The summed E-state index contributed by atoms with van der Waals surface area (Å²) in [6.07, 6.45) is 1.94. The predicted octanol–water partition coefficient (Wildman–Crippen LogP) is 3.48. The molecule has 31 heavy (non-hydrogen) atoms. The predicted molar refractivity (Wildman–Crippen MR) is 104 cm³/mol. The first-order chi connectivity index (χ1) is 14.7. The number of halogens is 1. The number of nitrogens with zero attached hydrogens (tertiary/aromatic N) is 3. The Balaban J connectivity index is 1.77. The number of nitro benzene ring substituents is 1. The maximum absolute atomic E-state index is 13.4. The standard InChI is InChI=1S/C20H15FN4O6/c1-11-17(14(10-22)19(30-11)24-7-3-4-8-24)20(27)31-12(2)18(26)23-13-5-6-15(21)16(9-13)25(28)29/h3-9,12H,1-2H3,(H,23,26). The molecule has 0 fully saturated rings. The van der Waals surface area contributed by atoms with Crippen molar-refractivity contribution < 1.29 is 28.1 Å². The van der Waals surface area contributed by atoms with Gasteiger partial charge in [0, 0.05) is 24.1 Å². The lowest BCUT2D eigenvalue weighted by molar-refractivity contribution is -0.387. The highest BCUT2D eigenvalue weighted by Gasteiger charge is 2.28. The van der Waals surface area contributed by atoms with Crippen molar-refractivity contribution in [3.63, 3.8) is 0 Å². The number of hydrogen-bond acceptors (Lipinski definition) is 7. The first-order valence-corrected chi connectivity index (χ1v) is 8.85. The number of ether oxygens (including phenoxy) is 1. The van der Waals surface area contributed by atoms with E-state index >= 15 is 0 Å². The number of carbonyl (C=O) groups excluding carboxylic acids is 2. The Kier molecular flexibility index (Phi) is 5.83. The second-order valence-electron chi connectivity index (χ2n) is 6.38. The molecule has 1 N–H and O–H groups in total. The number of benzene rings is 1. The summed E-state index contributed by atoms with van der Waals surface area (Å²) in [4.78, 5) is 34.8. The molecule has 158 valence electrons. The lowest BCUT2D eigenvalue weighted by atomic mass is 10.1. The SMILES string of the molecule is Cc1oc(-n2cccc2)c(C#N)c1C(=O)OC(C)C(=O)Nc1ccc(F)c([N+](=O)[O-])c1. The summed E-state index contributed by atoms with van der Waals surface area (Å²) in [5, 5.41) is 22.6. The number of amides is 1. The zero-order valence-electron chi connectivity index (χ0n) is 16.3. The van der Waals surface area contributed by atoms with Crippen LogP contribution in [0.1, 0.15) is 28.6 Å². The molecule has 0 radical (unpaired) electrons. The molecule has 10 nitrogen and oxygen atoms in total. The minimum Gasteiger partial charge on any atom is -0.449 e. The Morgan fingerprint density at radius 3 is 2.65 bits per heavy atom. The zero-order valence-corrected chi connectivity index (χ0v) is 16.3. The van der Waals surface area contributed by atoms with Gasteiger partial charge in [0.1, 0.15) is 23.0 Å². The molecule has 3 rings (SSSR count). The minimum atomic E-state index is -1.33. The number of anilines is 1.